The summed E-state index contributed by atoms with van der Waals surface area (Å²) in [5, 5.41) is 3.61. The maximum atomic E-state index is 3.61. The van der Waals surface area contributed by atoms with Crippen LogP contribution in [0.25, 0.3) is 0 Å². The van der Waals surface area contributed by atoms with Gasteiger partial charge >= 0.3 is 0 Å². The topological polar surface area (TPSA) is 15.3 Å². The summed E-state index contributed by atoms with van der Waals surface area (Å²) in [6.07, 6.45) is 6.83. The molecule has 2 nitrogen and oxygen atoms in total. The average molecular weight is 240 g/mol. The second-order valence-corrected chi connectivity index (χ2v) is 6.06. The van der Waals surface area contributed by atoms with Gasteiger partial charge in [0.2, 0.25) is 0 Å². The van der Waals surface area contributed by atoms with Crippen LogP contribution < -0.4 is 5.32 Å². The minimum absolute atomic E-state index is 0.709. The quantitative estimate of drug-likeness (QED) is 0.590. The lowest BCUT2D eigenvalue weighted by atomic mass is 10.1. The van der Waals surface area contributed by atoms with E-state index in [1.54, 1.807) is 0 Å². The Hall–Kier alpha value is -0.0800. The van der Waals surface area contributed by atoms with Gasteiger partial charge in [-0.25, -0.2) is 0 Å². The van der Waals surface area contributed by atoms with Crippen molar-refractivity contribution < 1.29 is 0 Å². The number of unbranched alkanes of at least 4 members (excludes halogenated alkanes) is 1. The highest BCUT2D eigenvalue weighted by molar-refractivity contribution is 4.87. The van der Waals surface area contributed by atoms with Crippen LogP contribution in [-0.2, 0) is 0 Å². The first-order chi connectivity index (χ1) is 8.15. The molecule has 17 heavy (non-hydrogen) atoms. The van der Waals surface area contributed by atoms with Gasteiger partial charge in [-0.2, -0.15) is 0 Å². The van der Waals surface area contributed by atoms with Crippen molar-refractivity contribution in [2.75, 3.05) is 19.6 Å². The fraction of sp³-hybridized carbons (Fsp3) is 1.00. The zero-order chi connectivity index (χ0) is 12.7. The van der Waals surface area contributed by atoms with Gasteiger partial charge in [-0.05, 0) is 51.6 Å². The van der Waals surface area contributed by atoms with E-state index in [9.17, 15) is 0 Å². The summed E-state index contributed by atoms with van der Waals surface area (Å²) >= 11 is 0. The predicted molar refractivity (Wildman–Crippen MR) is 76.4 cm³/mol. The molecular formula is C15H32N2. The van der Waals surface area contributed by atoms with Crippen LogP contribution in [0.2, 0.25) is 0 Å². The molecule has 1 aliphatic rings. The van der Waals surface area contributed by atoms with Crippen LogP contribution in [-0.4, -0.2) is 36.6 Å². The lowest BCUT2D eigenvalue weighted by molar-refractivity contribution is 0.191. The molecular weight excluding hydrogens is 208 g/mol. The van der Waals surface area contributed by atoms with Crippen LogP contribution in [0.15, 0.2) is 0 Å². The summed E-state index contributed by atoms with van der Waals surface area (Å²) in [6, 6.07) is 1.62. The van der Waals surface area contributed by atoms with Crippen molar-refractivity contribution in [3.63, 3.8) is 0 Å². The van der Waals surface area contributed by atoms with Crippen LogP contribution in [0.3, 0.4) is 0 Å². The van der Waals surface area contributed by atoms with Crippen molar-refractivity contribution in [3.8, 4) is 0 Å². The smallest absolute Gasteiger partial charge is 0.0195 e. The maximum absolute atomic E-state index is 3.61. The molecule has 102 valence electrons. The van der Waals surface area contributed by atoms with E-state index in [1.807, 2.05) is 0 Å². The zero-order valence-corrected chi connectivity index (χ0v) is 12.3. The minimum atomic E-state index is 0.709. The Morgan fingerprint density at radius 3 is 2.47 bits per heavy atom. The maximum Gasteiger partial charge on any atom is 0.0195 e. The molecule has 0 radical (unpaired) electrons. The summed E-state index contributed by atoms with van der Waals surface area (Å²) in [5.74, 6) is 0.817. The fourth-order valence-electron chi connectivity index (χ4n) is 2.33. The summed E-state index contributed by atoms with van der Waals surface area (Å²) < 4.78 is 0. The molecule has 1 unspecified atom stereocenters. The van der Waals surface area contributed by atoms with Crippen LogP contribution >= 0.6 is 0 Å². The molecule has 1 aliphatic carbocycles. The number of hydrogen-bond donors (Lipinski definition) is 1. The van der Waals surface area contributed by atoms with E-state index in [1.165, 1.54) is 45.2 Å². The first-order valence-electron chi connectivity index (χ1n) is 7.61. The Morgan fingerprint density at radius 1 is 1.24 bits per heavy atom. The number of hydrogen-bond acceptors (Lipinski definition) is 2. The monoisotopic (exact) mass is 240 g/mol. The average Bonchev–Trinajstić information content (AvgIpc) is 3.09. The molecule has 0 saturated heterocycles. The Morgan fingerprint density at radius 2 is 1.94 bits per heavy atom. The summed E-state index contributed by atoms with van der Waals surface area (Å²) in [6.45, 7) is 12.9. The molecule has 0 spiro atoms. The molecule has 1 N–H and O–H groups in total. The summed E-state index contributed by atoms with van der Waals surface area (Å²) in [4.78, 5) is 2.73. The van der Waals surface area contributed by atoms with Crippen LogP contribution in [0, 0.1) is 5.92 Å². The van der Waals surface area contributed by atoms with Crippen molar-refractivity contribution in [1.29, 1.82) is 0 Å². The largest absolute Gasteiger partial charge is 0.315 e. The molecule has 0 bridgehead atoms. The van der Waals surface area contributed by atoms with Crippen molar-refractivity contribution in [3.05, 3.63) is 0 Å². The molecule has 0 heterocycles. The van der Waals surface area contributed by atoms with Gasteiger partial charge in [0, 0.05) is 18.6 Å². The van der Waals surface area contributed by atoms with Gasteiger partial charge in [0.15, 0.2) is 0 Å². The van der Waals surface area contributed by atoms with Gasteiger partial charge in [-0.3, -0.25) is 4.90 Å². The highest BCUT2D eigenvalue weighted by Gasteiger charge is 2.31. The Bertz CT molecular complexity index is 187. The molecule has 0 aromatic heterocycles. The Balaban J connectivity index is 2.15. The standard InChI is InChI=1S/C15H32N2/c1-5-6-11-17(15-7-8-15)14(4)12-16-10-9-13(2)3/h13-16H,5-12H2,1-4H3. The molecule has 1 rings (SSSR count). The molecule has 0 amide bonds. The molecule has 0 aliphatic heterocycles. The van der Waals surface area contributed by atoms with Crippen molar-refractivity contribution in [2.45, 2.75) is 71.9 Å². The van der Waals surface area contributed by atoms with Gasteiger partial charge in [0.1, 0.15) is 0 Å². The van der Waals surface area contributed by atoms with E-state index in [4.69, 9.17) is 0 Å². The second-order valence-electron chi connectivity index (χ2n) is 6.06. The fourth-order valence-corrected chi connectivity index (χ4v) is 2.33. The van der Waals surface area contributed by atoms with E-state index in [0.29, 0.717) is 6.04 Å². The highest BCUT2D eigenvalue weighted by Crippen LogP contribution is 2.28. The molecule has 1 atom stereocenters. The number of nitrogens with zero attached hydrogens (tertiary/aromatic N) is 1. The molecule has 2 heteroatoms. The van der Waals surface area contributed by atoms with E-state index in [-0.39, 0.29) is 0 Å². The molecule has 0 aromatic rings. The first-order valence-corrected chi connectivity index (χ1v) is 7.61. The van der Waals surface area contributed by atoms with Crippen molar-refractivity contribution >= 4 is 0 Å². The van der Waals surface area contributed by atoms with Crippen LogP contribution in [0.4, 0.5) is 0 Å². The molecule has 0 aromatic carbocycles. The zero-order valence-electron chi connectivity index (χ0n) is 12.3. The Kier molecular flexibility index (Phi) is 7.14. The van der Waals surface area contributed by atoms with Gasteiger partial charge in [-0.1, -0.05) is 27.2 Å². The molecule has 1 saturated carbocycles. The normalized spacial score (nSPS) is 18.0. The second kappa shape index (κ2) is 8.10. The van der Waals surface area contributed by atoms with E-state index < -0.39 is 0 Å². The van der Waals surface area contributed by atoms with Crippen molar-refractivity contribution in [1.82, 2.24) is 10.2 Å². The van der Waals surface area contributed by atoms with E-state index in [0.717, 1.165) is 18.5 Å². The van der Waals surface area contributed by atoms with E-state index in [2.05, 4.69) is 37.9 Å². The third-order valence-corrected chi connectivity index (χ3v) is 3.69. The van der Waals surface area contributed by atoms with Crippen molar-refractivity contribution in [2.24, 2.45) is 5.92 Å². The lowest BCUT2D eigenvalue weighted by Gasteiger charge is -2.29. The predicted octanol–water partition coefficient (Wildman–Crippen LogP) is 3.28. The third kappa shape index (κ3) is 6.42. The lowest BCUT2D eigenvalue weighted by Crippen LogP contribution is -2.42. The van der Waals surface area contributed by atoms with Gasteiger partial charge in [0.05, 0.1) is 0 Å². The first kappa shape index (κ1) is 15.0. The van der Waals surface area contributed by atoms with Gasteiger partial charge in [0.25, 0.3) is 0 Å². The summed E-state index contributed by atoms with van der Waals surface area (Å²) in [7, 11) is 0. The Labute approximate surface area is 108 Å². The van der Waals surface area contributed by atoms with E-state index >= 15 is 0 Å². The van der Waals surface area contributed by atoms with Crippen LogP contribution in [0.1, 0.15) is 59.8 Å². The van der Waals surface area contributed by atoms with Gasteiger partial charge < -0.3 is 5.32 Å². The van der Waals surface area contributed by atoms with Crippen LogP contribution in [0.5, 0.6) is 0 Å². The molecule has 1 fully saturated rings. The number of nitrogens with one attached hydrogen (secondary N) is 1. The van der Waals surface area contributed by atoms with Gasteiger partial charge in [-0.15, -0.1) is 0 Å². The number of rotatable bonds is 10. The third-order valence-electron chi connectivity index (χ3n) is 3.69. The summed E-state index contributed by atoms with van der Waals surface area (Å²) in [5.41, 5.74) is 0. The SMILES string of the molecule is CCCCN(C(C)CNCCC(C)C)C1CC1. The minimum Gasteiger partial charge on any atom is -0.315 e. The highest BCUT2D eigenvalue weighted by atomic mass is 15.2.